The molecule has 0 aliphatic rings. The Kier molecular flexibility index (Phi) is 5.74. The Hall–Kier alpha value is -3.61. The summed E-state index contributed by atoms with van der Waals surface area (Å²) in [5, 5.41) is 6.97. The lowest BCUT2D eigenvalue weighted by atomic mass is 10.2. The zero-order valence-corrected chi connectivity index (χ0v) is 15.9. The second-order valence-electron chi connectivity index (χ2n) is 6.03. The van der Waals surface area contributed by atoms with Gasteiger partial charge in [-0.2, -0.15) is 5.10 Å². The monoisotopic (exact) mass is 379 g/mol. The summed E-state index contributed by atoms with van der Waals surface area (Å²) in [5.41, 5.74) is 1.31. The van der Waals surface area contributed by atoms with Gasteiger partial charge in [0.05, 0.1) is 31.2 Å². The summed E-state index contributed by atoms with van der Waals surface area (Å²) >= 11 is 0. The summed E-state index contributed by atoms with van der Waals surface area (Å²) in [6.07, 6.45) is 0. The quantitative estimate of drug-likeness (QED) is 0.711. The zero-order valence-electron chi connectivity index (χ0n) is 15.9. The van der Waals surface area contributed by atoms with Crippen LogP contribution in [0.15, 0.2) is 59.4 Å². The van der Waals surface area contributed by atoms with E-state index in [0.717, 1.165) is 5.56 Å². The first-order chi connectivity index (χ1) is 13.5. The van der Waals surface area contributed by atoms with E-state index < -0.39 is 11.3 Å². The number of aromatic nitrogens is 2. The van der Waals surface area contributed by atoms with Gasteiger partial charge in [-0.15, -0.1) is 0 Å². The van der Waals surface area contributed by atoms with E-state index in [1.54, 1.807) is 12.1 Å². The summed E-state index contributed by atoms with van der Waals surface area (Å²) < 4.78 is 12.2. The third kappa shape index (κ3) is 4.03. The van der Waals surface area contributed by atoms with Gasteiger partial charge in [0.1, 0.15) is 5.75 Å². The molecule has 0 aliphatic carbocycles. The number of hydrogen-bond donors (Lipinski definition) is 1. The summed E-state index contributed by atoms with van der Waals surface area (Å²) in [7, 11) is 1.51. The highest BCUT2D eigenvalue weighted by Gasteiger charge is 2.19. The van der Waals surface area contributed by atoms with Gasteiger partial charge in [-0.3, -0.25) is 9.59 Å². The van der Waals surface area contributed by atoms with Gasteiger partial charge in [0.2, 0.25) is 11.3 Å². The van der Waals surface area contributed by atoms with Crippen molar-refractivity contribution >= 4 is 11.6 Å². The number of anilines is 1. The van der Waals surface area contributed by atoms with Gasteiger partial charge in [-0.25, -0.2) is 4.68 Å². The number of nitrogens with zero attached hydrogens (tertiary/aromatic N) is 2. The number of amides is 1. The van der Waals surface area contributed by atoms with Crippen LogP contribution in [0.25, 0.3) is 5.69 Å². The standard InChI is InChI=1S/C21H21N3O4/c1-4-28-19-13-17(25)20(23-24(19)15-8-6-5-7-9-15)21(26)22-16-12-14(2)10-11-18(16)27-3/h5-13H,4H2,1-3H3,(H,22,26). The predicted molar refractivity (Wildman–Crippen MR) is 107 cm³/mol. The number of rotatable bonds is 6. The van der Waals surface area contributed by atoms with Crippen LogP contribution in [0.1, 0.15) is 23.0 Å². The van der Waals surface area contributed by atoms with Gasteiger partial charge in [0, 0.05) is 0 Å². The van der Waals surface area contributed by atoms with Crippen molar-refractivity contribution in [1.82, 2.24) is 9.78 Å². The lowest BCUT2D eigenvalue weighted by molar-refractivity contribution is 0.101. The number of aryl methyl sites for hydroxylation is 1. The Morgan fingerprint density at radius 3 is 2.57 bits per heavy atom. The van der Waals surface area contributed by atoms with Crippen molar-refractivity contribution in [2.75, 3.05) is 19.0 Å². The second kappa shape index (κ2) is 8.39. The smallest absolute Gasteiger partial charge is 0.280 e. The average Bonchev–Trinajstić information content (AvgIpc) is 2.69. The van der Waals surface area contributed by atoms with Gasteiger partial charge in [-0.05, 0) is 43.7 Å². The number of ether oxygens (including phenoxy) is 2. The van der Waals surface area contributed by atoms with Gasteiger partial charge in [-0.1, -0.05) is 24.3 Å². The number of benzene rings is 2. The maximum Gasteiger partial charge on any atom is 0.280 e. The summed E-state index contributed by atoms with van der Waals surface area (Å²) in [5.74, 6) is 0.137. The first-order valence-electron chi connectivity index (χ1n) is 8.82. The van der Waals surface area contributed by atoms with Crippen LogP contribution in [-0.4, -0.2) is 29.4 Å². The fraction of sp³-hybridized carbons (Fsp3) is 0.190. The molecule has 0 saturated carbocycles. The summed E-state index contributed by atoms with van der Waals surface area (Å²) in [6.45, 7) is 4.07. The van der Waals surface area contributed by atoms with Crippen molar-refractivity contribution in [3.8, 4) is 17.3 Å². The molecule has 7 heteroatoms. The molecular weight excluding hydrogens is 358 g/mol. The molecular formula is C21H21N3O4. The van der Waals surface area contributed by atoms with E-state index in [1.165, 1.54) is 17.9 Å². The van der Waals surface area contributed by atoms with Crippen LogP contribution >= 0.6 is 0 Å². The van der Waals surface area contributed by atoms with Gasteiger partial charge >= 0.3 is 0 Å². The van der Waals surface area contributed by atoms with Crippen LogP contribution in [0.2, 0.25) is 0 Å². The Balaban J connectivity index is 2.03. The fourth-order valence-electron chi connectivity index (χ4n) is 2.70. The van der Waals surface area contributed by atoms with Crippen LogP contribution in [0.4, 0.5) is 5.69 Å². The van der Waals surface area contributed by atoms with Crippen LogP contribution < -0.4 is 20.2 Å². The lowest BCUT2D eigenvalue weighted by Crippen LogP contribution is -2.27. The molecule has 0 radical (unpaired) electrons. The Morgan fingerprint density at radius 1 is 1.14 bits per heavy atom. The molecule has 3 aromatic rings. The van der Waals surface area contributed by atoms with E-state index >= 15 is 0 Å². The number of methoxy groups -OCH3 is 1. The van der Waals surface area contributed by atoms with E-state index in [-0.39, 0.29) is 11.6 Å². The normalized spacial score (nSPS) is 10.4. The molecule has 0 atom stereocenters. The molecule has 0 spiro atoms. The molecule has 1 N–H and O–H groups in total. The molecule has 0 bridgehead atoms. The predicted octanol–water partition coefficient (Wildman–Crippen LogP) is 3.20. The highest BCUT2D eigenvalue weighted by Crippen LogP contribution is 2.25. The molecule has 0 aliphatic heterocycles. The van der Waals surface area contributed by atoms with Gasteiger partial charge in [0.15, 0.2) is 5.69 Å². The zero-order chi connectivity index (χ0) is 20.1. The maximum atomic E-state index is 12.8. The first-order valence-corrected chi connectivity index (χ1v) is 8.82. The van der Waals surface area contributed by atoms with Crippen molar-refractivity contribution in [2.45, 2.75) is 13.8 Å². The minimum absolute atomic E-state index is 0.240. The van der Waals surface area contributed by atoms with Crippen molar-refractivity contribution < 1.29 is 14.3 Å². The molecule has 2 aromatic carbocycles. The molecule has 3 rings (SSSR count). The second-order valence-corrected chi connectivity index (χ2v) is 6.03. The molecule has 0 fully saturated rings. The van der Waals surface area contributed by atoms with Crippen LogP contribution in [0, 0.1) is 6.92 Å². The molecule has 7 nitrogen and oxygen atoms in total. The molecule has 0 unspecified atom stereocenters. The molecule has 1 amide bonds. The van der Waals surface area contributed by atoms with Crippen molar-refractivity contribution in [3.63, 3.8) is 0 Å². The molecule has 0 saturated heterocycles. The van der Waals surface area contributed by atoms with Crippen molar-refractivity contribution in [1.29, 1.82) is 0 Å². The van der Waals surface area contributed by atoms with E-state index in [2.05, 4.69) is 10.4 Å². The number of nitrogens with one attached hydrogen (secondary N) is 1. The average molecular weight is 379 g/mol. The van der Waals surface area contributed by atoms with Gasteiger partial charge < -0.3 is 14.8 Å². The van der Waals surface area contributed by atoms with Gasteiger partial charge in [0.25, 0.3) is 5.91 Å². The third-order valence-electron chi connectivity index (χ3n) is 4.01. The Bertz CT molecular complexity index is 1050. The fourth-order valence-corrected chi connectivity index (χ4v) is 2.70. The Labute approximate surface area is 162 Å². The summed E-state index contributed by atoms with van der Waals surface area (Å²) in [6, 6.07) is 15.8. The number of para-hydroxylation sites is 1. The highest BCUT2D eigenvalue weighted by atomic mass is 16.5. The minimum atomic E-state index is -0.623. The Morgan fingerprint density at radius 2 is 1.89 bits per heavy atom. The maximum absolute atomic E-state index is 12.8. The van der Waals surface area contributed by atoms with E-state index in [0.29, 0.717) is 23.7 Å². The molecule has 1 heterocycles. The number of hydrogen-bond acceptors (Lipinski definition) is 5. The minimum Gasteiger partial charge on any atom is -0.495 e. The molecule has 28 heavy (non-hydrogen) atoms. The van der Waals surface area contributed by atoms with Crippen LogP contribution in [0.3, 0.4) is 0 Å². The molecule has 144 valence electrons. The van der Waals surface area contributed by atoms with Crippen molar-refractivity contribution in [3.05, 3.63) is 76.1 Å². The van der Waals surface area contributed by atoms with Crippen LogP contribution in [-0.2, 0) is 0 Å². The largest absolute Gasteiger partial charge is 0.495 e. The van der Waals surface area contributed by atoms with E-state index in [9.17, 15) is 9.59 Å². The third-order valence-corrected chi connectivity index (χ3v) is 4.01. The van der Waals surface area contributed by atoms with Crippen molar-refractivity contribution in [2.24, 2.45) is 0 Å². The number of carbonyl (C=O) groups is 1. The highest BCUT2D eigenvalue weighted by molar-refractivity contribution is 6.03. The number of carbonyl (C=O) groups excluding carboxylic acids is 1. The SMILES string of the molecule is CCOc1cc(=O)c(C(=O)Nc2cc(C)ccc2OC)nn1-c1ccccc1. The topological polar surface area (TPSA) is 82.5 Å². The first kappa shape index (κ1) is 19.2. The summed E-state index contributed by atoms with van der Waals surface area (Å²) in [4.78, 5) is 25.3. The lowest BCUT2D eigenvalue weighted by Gasteiger charge is -2.14. The molecule has 1 aromatic heterocycles. The van der Waals surface area contributed by atoms with E-state index in [4.69, 9.17) is 9.47 Å². The van der Waals surface area contributed by atoms with E-state index in [1.807, 2.05) is 50.2 Å². The van der Waals surface area contributed by atoms with Crippen LogP contribution in [0.5, 0.6) is 11.6 Å².